The van der Waals surface area contributed by atoms with Crippen LogP contribution >= 0.6 is 11.6 Å². The van der Waals surface area contributed by atoms with Crippen LogP contribution in [-0.4, -0.2) is 4.57 Å². The van der Waals surface area contributed by atoms with Crippen LogP contribution in [0.15, 0.2) is 104 Å². The van der Waals surface area contributed by atoms with Crippen LogP contribution in [0.25, 0.3) is 0 Å². The fraction of sp³-hybridized carbons (Fsp3) is 0.0870. The molecule has 0 aliphatic heterocycles. The first kappa shape index (κ1) is 19.6. The van der Waals surface area contributed by atoms with Gasteiger partial charge in [0.2, 0.25) is 6.33 Å². The Hall–Kier alpha value is -2.11. The Labute approximate surface area is 182 Å². The van der Waals surface area contributed by atoms with Crippen LogP contribution in [0.4, 0.5) is 0 Å². The first-order valence-electron chi connectivity index (χ1n) is 8.62. The largest absolute Gasteiger partial charge is 1.00 e. The molecule has 1 heterocycles. The van der Waals surface area contributed by atoms with Gasteiger partial charge in [0.15, 0.2) is 5.54 Å². The Bertz CT molecular complexity index is 973. The molecule has 0 spiro atoms. The number of imidazole rings is 1. The van der Waals surface area contributed by atoms with E-state index in [9.17, 15) is 0 Å². The van der Waals surface area contributed by atoms with Crippen molar-refractivity contribution in [2.75, 3.05) is 0 Å². The molecule has 0 amide bonds. The zero-order chi connectivity index (χ0) is 18.0. The summed E-state index contributed by atoms with van der Waals surface area (Å²) in [7, 11) is 2.03. The Kier molecular flexibility index (Phi) is 6.02. The maximum absolute atomic E-state index is 6.74. The summed E-state index contributed by atoms with van der Waals surface area (Å²) in [6, 6.07) is 29.1. The molecule has 0 N–H and O–H groups in total. The minimum atomic E-state index is -0.553. The number of hydrogen-bond acceptors (Lipinski definition) is 0. The van der Waals surface area contributed by atoms with Gasteiger partial charge >= 0.3 is 0 Å². The lowest BCUT2D eigenvalue weighted by molar-refractivity contribution is -0.671. The lowest BCUT2D eigenvalue weighted by atomic mass is 9.76. The Morgan fingerprint density at radius 1 is 0.778 bits per heavy atom. The third-order valence-corrected chi connectivity index (χ3v) is 5.13. The van der Waals surface area contributed by atoms with Gasteiger partial charge in [0, 0.05) is 21.7 Å². The van der Waals surface area contributed by atoms with Gasteiger partial charge in [-0.2, -0.15) is 0 Å². The first-order chi connectivity index (χ1) is 12.7. The van der Waals surface area contributed by atoms with Crippen molar-refractivity contribution in [3.05, 3.63) is 125 Å². The van der Waals surface area contributed by atoms with Crippen LogP contribution in [0.3, 0.4) is 0 Å². The molecule has 27 heavy (non-hydrogen) atoms. The molecule has 0 fully saturated rings. The van der Waals surface area contributed by atoms with Crippen LogP contribution in [0.1, 0.15) is 16.7 Å². The van der Waals surface area contributed by atoms with Crippen LogP contribution in [0.2, 0.25) is 5.02 Å². The molecule has 4 aromatic rings. The molecular formula is C23H20ClIN2. The normalized spacial score (nSPS) is 11.0. The van der Waals surface area contributed by atoms with Crippen molar-refractivity contribution in [1.82, 2.24) is 4.57 Å². The summed E-state index contributed by atoms with van der Waals surface area (Å²) < 4.78 is 4.29. The molecule has 0 unspecified atom stereocenters. The molecular weight excluding hydrogens is 467 g/mol. The zero-order valence-electron chi connectivity index (χ0n) is 15.0. The highest BCUT2D eigenvalue weighted by Gasteiger charge is 2.44. The third-order valence-electron chi connectivity index (χ3n) is 4.80. The number of halogens is 2. The average molecular weight is 487 g/mol. The van der Waals surface area contributed by atoms with Crippen molar-refractivity contribution in [2.24, 2.45) is 7.05 Å². The average Bonchev–Trinajstić information content (AvgIpc) is 3.12. The number of aromatic nitrogens is 2. The molecule has 136 valence electrons. The molecule has 0 aliphatic rings. The summed E-state index contributed by atoms with van der Waals surface area (Å²) in [6.07, 6.45) is 6.25. The molecule has 3 aromatic carbocycles. The second-order valence-corrected chi connectivity index (χ2v) is 6.82. The molecule has 0 saturated carbocycles. The number of benzene rings is 3. The van der Waals surface area contributed by atoms with E-state index in [2.05, 4.69) is 82.5 Å². The summed E-state index contributed by atoms with van der Waals surface area (Å²) in [4.78, 5) is 0. The highest BCUT2D eigenvalue weighted by molar-refractivity contribution is 6.31. The summed E-state index contributed by atoms with van der Waals surface area (Å²) in [5.74, 6) is 0. The van der Waals surface area contributed by atoms with E-state index in [-0.39, 0.29) is 24.0 Å². The molecule has 0 radical (unpaired) electrons. The standard InChI is InChI=1S/C23H20ClN2.HI/c1-25-16-17-26(18-25)23(19-10-4-2-5-11-19,20-12-6-3-7-13-20)21-14-8-9-15-22(21)24;/h2-18H,1H3;1H/q+1;/p-1. The van der Waals surface area contributed by atoms with Gasteiger partial charge in [-0.1, -0.05) is 90.5 Å². The number of rotatable bonds is 4. The van der Waals surface area contributed by atoms with Gasteiger partial charge in [-0.15, -0.1) is 0 Å². The maximum Gasteiger partial charge on any atom is 0.244 e. The first-order valence-corrected chi connectivity index (χ1v) is 9.00. The van der Waals surface area contributed by atoms with Crippen molar-refractivity contribution in [3.8, 4) is 0 Å². The predicted molar refractivity (Wildman–Crippen MR) is 105 cm³/mol. The second-order valence-electron chi connectivity index (χ2n) is 6.41. The Morgan fingerprint density at radius 3 is 1.78 bits per heavy atom. The van der Waals surface area contributed by atoms with E-state index in [1.54, 1.807) is 0 Å². The number of aryl methyl sites for hydroxylation is 1. The number of nitrogens with zero attached hydrogens (tertiary/aromatic N) is 2. The van der Waals surface area contributed by atoms with Crippen LogP contribution in [-0.2, 0) is 12.6 Å². The van der Waals surface area contributed by atoms with Crippen LogP contribution in [0.5, 0.6) is 0 Å². The molecule has 4 heteroatoms. The zero-order valence-corrected chi connectivity index (χ0v) is 17.9. The van der Waals surface area contributed by atoms with Gasteiger partial charge in [-0.3, -0.25) is 0 Å². The Balaban J connectivity index is 0.00000210. The lowest BCUT2D eigenvalue weighted by Crippen LogP contribution is -3.00. The minimum absolute atomic E-state index is 0. The lowest BCUT2D eigenvalue weighted by Gasteiger charge is -2.33. The van der Waals surface area contributed by atoms with Crippen molar-refractivity contribution < 1.29 is 28.5 Å². The van der Waals surface area contributed by atoms with E-state index in [4.69, 9.17) is 11.6 Å². The molecule has 1 aromatic heterocycles. The Morgan fingerprint density at radius 2 is 1.30 bits per heavy atom. The minimum Gasteiger partial charge on any atom is -1.00 e. The molecule has 0 aliphatic carbocycles. The van der Waals surface area contributed by atoms with E-state index >= 15 is 0 Å². The highest BCUT2D eigenvalue weighted by atomic mass is 127. The topological polar surface area (TPSA) is 8.81 Å². The van der Waals surface area contributed by atoms with Gasteiger partial charge in [0.1, 0.15) is 12.4 Å². The summed E-state index contributed by atoms with van der Waals surface area (Å²) in [5, 5.41) is 0.747. The smallest absolute Gasteiger partial charge is 0.244 e. The monoisotopic (exact) mass is 486 g/mol. The summed E-state index contributed by atoms with van der Waals surface area (Å²) in [6.45, 7) is 0. The molecule has 0 atom stereocenters. The van der Waals surface area contributed by atoms with E-state index in [0.29, 0.717) is 0 Å². The van der Waals surface area contributed by atoms with E-state index < -0.39 is 5.54 Å². The molecule has 0 bridgehead atoms. The van der Waals surface area contributed by atoms with Gasteiger partial charge in [0.25, 0.3) is 0 Å². The van der Waals surface area contributed by atoms with Gasteiger partial charge in [0.05, 0.1) is 7.05 Å². The van der Waals surface area contributed by atoms with Crippen LogP contribution in [0, 0.1) is 0 Å². The van der Waals surface area contributed by atoms with E-state index in [1.165, 1.54) is 0 Å². The van der Waals surface area contributed by atoms with E-state index in [0.717, 1.165) is 21.7 Å². The summed E-state index contributed by atoms with van der Waals surface area (Å²) in [5.41, 5.74) is 2.82. The SMILES string of the molecule is C[n+]1ccn(C(c2ccccc2)(c2ccccc2)c2ccccc2Cl)c1.[I-]. The molecule has 0 saturated heterocycles. The second kappa shape index (κ2) is 8.28. The fourth-order valence-corrected chi connectivity index (χ4v) is 3.95. The quantitative estimate of drug-likeness (QED) is 0.236. The van der Waals surface area contributed by atoms with Gasteiger partial charge in [-0.25, -0.2) is 9.13 Å². The van der Waals surface area contributed by atoms with Crippen molar-refractivity contribution in [3.63, 3.8) is 0 Å². The predicted octanol–water partition coefficient (Wildman–Crippen LogP) is 1.81. The van der Waals surface area contributed by atoms with Crippen molar-refractivity contribution >= 4 is 11.6 Å². The van der Waals surface area contributed by atoms with Gasteiger partial charge < -0.3 is 24.0 Å². The third kappa shape index (κ3) is 3.42. The van der Waals surface area contributed by atoms with Gasteiger partial charge in [-0.05, 0) is 6.07 Å². The van der Waals surface area contributed by atoms with Crippen molar-refractivity contribution in [1.29, 1.82) is 0 Å². The fourth-order valence-electron chi connectivity index (χ4n) is 3.68. The molecule has 4 rings (SSSR count). The highest BCUT2D eigenvalue weighted by Crippen LogP contribution is 2.43. The van der Waals surface area contributed by atoms with E-state index in [1.807, 2.05) is 37.4 Å². The molecule has 2 nitrogen and oxygen atoms in total. The number of hydrogen-bond donors (Lipinski definition) is 0. The van der Waals surface area contributed by atoms with Crippen LogP contribution < -0.4 is 28.5 Å². The summed E-state index contributed by atoms with van der Waals surface area (Å²) >= 11 is 6.74. The maximum atomic E-state index is 6.74. The van der Waals surface area contributed by atoms with Crippen molar-refractivity contribution in [2.45, 2.75) is 5.54 Å².